The van der Waals surface area contributed by atoms with Crippen molar-refractivity contribution in [1.82, 2.24) is 9.97 Å². The molecule has 0 spiro atoms. The number of hydrogen-bond acceptors (Lipinski definition) is 3. The van der Waals surface area contributed by atoms with Crippen molar-refractivity contribution < 1.29 is 0 Å². The van der Waals surface area contributed by atoms with Gasteiger partial charge in [-0.3, -0.25) is 4.98 Å². The molecule has 0 N–H and O–H groups in total. The van der Waals surface area contributed by atoms with Gasteiger partial charge in [-0.1, -0.05) is 11.6 Å². The number of fused-ring (bicyclic) bond motifs is 1. The zero-order valence-corrected chi connectivity index (χ0v) is 9.35. The Morgan fingerprint density at radius 3 is 2.69 bits per heavy atom. The zero-order valence-electron chi connectivity index (χ0n) is 8.60. The van der Waals surface area contributed by atoms with Crippen molar-refractivity contribution in [2.75, 3.05) is 4.90 Å². The first-order valence-electron chi connectivity index (χ1n) is 5.11. The molecule has 0 radical (unpaired) electrons. The maximum absolute atomic E-state index is 5.77. The van der Waals surface area contributed by atoms with Crippen molar-refractivity contribution in [2.45, 2.75) is 13.1 Å². The van der Waals surface area contributed by atoms with Crippen molar-refractivity contribution in [2.24, 2.45) is 0 Å². The Hall–Kier alpha value is -1.61. The Morgan fingerprint density at radius 1 is 1.06 bits per heavy atom. The van der Waals surface area contributed by atoms with Gasteiger partial charge in [0.1, 0.15) is 5.15 Å². The summed E-state index contributed by atoms with van der Waals surface area (Å²) >= 11 is 5.77. The average molecular weight is 232 g/mol. The van der Waals surface area contributed by atoms with Crippen LogP contribution in [-0.4, -0.2) is 9.97 Å². The zero-order chi connectivity index (χ0) is 11.0. The molecule has 3 rings (SSSR count). The molecule has 16 heavy (non-hydrogen) atoms. The van der Waals surface area contributed by atoms with Gasteiger partial charge in [-0.15, -0.1) is 0 Å². The fourth-order valence-electron chi connectivity index (χ4n) is 1.96. The molecular formula is C12H10ClN3. The summed E-state index contributed by atoms with van der Waals surface area (Å²) in [7, 11) is 0. The molecule has 0 saturated heterocycles. The number of hydrogen-bond donors (Lipinski definition) is 0. The molecule has 0 amide bonds. The number of aromatic nitrogens is 2. The second kappa shape index (κ2) is 3.76. The van der Waals surface area contributed by atoms with Crippen LogP contribution in [0.2, 0.25) is 5.15 Å². The van der Waals surface area contributed by atoms with E-state index in [4.69, 9.17) is 11.6 Å². The predicted octanol–water partition coefficient (Wildman–Crippen LogP) is 2.65. The molecule has 0 bridgehead atoms. The number of rotatable bonds is 1. The summed E-state index contributed by atoms with van der Waals surface area (Å²) in [4.78, 5) is 10.5. The lowest BCUT2D eigenvalue weighted by Crippen LogP contribution is -2.14. The first kappa shape index (κ1) is 9.60. The molecule has 3 nitrogen and oxygen atoms in total. The van der Waals surface area contributed by atoms with E-state index in [9.17, 15) is 0 Å². The van der Waals surface area contributed by atoms with Crippen LogP contribution in [0.25, 0.3) is 0 Å². The van der Waals surface area contributed by atoms with E-state index in [0.717, 1.165) is 18.8 Å². The molecule has 0 saturated carbocycles. The van der Waals surface area contributed by atoms with Gasteiger partial charge in [0.15, 0.2) is 0 Å². The number of pyridine rings is 2. The monoisotopic (exact) mass is 231 g/mol. The topological polar surface area (TPSA) is 29.0 Å². The molecule has 4 heteroatoms. The van der Waals surface area contributed by atoms with Crippen LogP contribution in [0.1, 0.15) is 11.1 Å². The normalized spacial score (nSPS) is 13.9. The number of halogens is 1. The van der Waals surface area contributed by atoms with Crippen LogP contribution in [0.4, 0.5) is 5.69 Å². The molecule has 1 aliphatic heterocycles. The van der Waals surface area contributed by atoms with Crippen LogP contribution in [0.5, 0.6) is 0 Å². The van der Waals surface area contributed by atoms with Gasteiger partial charge in [0.05, 0.1) is 11.9 Å². The van der Waals surface area contributed by atoms with Crippen molar-refractivity contribution in [3.63, 3.8) is 0 Å². The van der Waals surface area contributed by atoms with Gasteiger partial charge in [-0.2, -0.15) is 0 Å². The third-order valence-corrected chi connectivity index (χ3v) is 3.03. The van der Waals surface area contributed by atoms with Crippen LogP contribution < -0.4 is 4.90 Å². The van der Waals surface area contributed by atoms with Crippen LogP contribution in [-0.2, 0) is 13.1 Å². The molecule has 3 heterocycles. The summed E-state index contributed by atoms with van der Waals surface area (Å²) in [6.07, 6.45) is 5.57. The molecule has 0 atom stereocenters. The lowest BCUT2D eigenvalue weighted by molar-refractivity contribution is 0.875. The Morgan fingerprint density at radius 2 is 1.94 bits per heavy atom. The van der Waals surface area contributed by atoms with Gasteiger partial charge in [-0.05, 0) is 29.3 Å². The Bertz CT molecular complexity index is 485. The molecule has 0 aliphatic carbocycles. The summed E-state index contributed by atoms with van der Waals surface area (Å²) < 4.78 is 0. The minimum atomic E-state index is 0.530. The van der Waals surface area contributed by atoms with E-state index in [1.165, 1.54) is 11.1 Å². The fraction of sp³-hybridized carbons (Fsp3) is 0.167. The van der Waals surface area contributed by atoms with Crippen LogP contribution in [0, 0.1) is 0 Å². The highest BCUT2D eigenvalue weighted by atomic mass is 35.5. The Labute approximate surface area is 98.7 Å². The fourth-order valence-corrected chi connectivity index (χ4v) is 2.07. The van der Waals surface area contributed by atoms with E-state index in [1.807, 2.05) is 30.7 Å². The molecule has 0 unspecified atom stereocenters. The smallest absolute Gasteiger partial charge is 0.129 e. The van der Waals surface area contributed by atoms with Gasteiger partial charge in [0, 0.05) is 25.5 Å². The van der Waals surface area contributed by atoms with Gasteiger partial charge >= 0.3 is 0 Å². The molecular weight excluding hydrogens is 222 g/mol. The molecule has 2 aromatic rings. The summed E-state index contributed by atoms with van der Waals surface area (Å²) in [6, 6.07) is 5.88. The van der Waals surface area contributed by atoms with Gasteiger partial charge < -0.3 is 4.90 Å². The highest BCUT2D eigenvalue weighted by molar-refractivity contribution is 6.29. The Balaban J connectivity index is 1.88. The molecule has 2 aromatic heterocycles. The van der Waals surface area contributed by atoms with E-state index >= 15 is 0 Å². The quantitative estimate of drug-likeness (QED) is 0.707. The van der Waals surface area contributed by atoms with Crippen LogP contribution in [0.3, 0.4) is 0 Å². The van der Waals surface area contributed by atoms with Crippen molar-refractivity contribution >= 4 is 17.3 Å². The van der Waals surface area contributed by atoms with Crippen LogP contribution >= 0.6 is 11.6 Å². The van der Waals surface area contributed by atoms with Gasteiger partial charge in [-0.25, -0.2) is 4.98 Å². The lowest BCUT2D eigenvalue weighted by Gasteiger charge is -2.16. The maximum atomic E-state index is 5.77. The molecule has 80 valence electrons. The minimum Gasteiger partial charge on any atom is -0.362 e. The predicted molar refractivity (Wildman–Crippen MR) is 63.4 cm³/mol. The second-order valence-electron chi connectivity index (χ2n) is 3.84. The maximum Gasteiger partial charge on any atom is 0.129 e. The van der Waals surface area contributed by atoms with Crippen molar-refractivity contribution in [3.05, 3.63) is 53.1 Å². The highest BCUT2D eigenvalue weighted by Crippen LogP contribution is 2.27. The largest absolute Gasteiger partial charge is 0.362 e. The van der Waals surface area contributed by atoms with E-state index in [1.54, 1.807) is 0 Å². The first-order chi connectivity index (χ1) is 7.83. The lowest BCUT2D eigenvalue weighted by atomic mass is 10.2. The molecule has 0 aromatic carbocycles. The van der Waals surface area contributed by atoms with Crippen molar-refractivity contribution in [3.8, 4) is 0 Å². The third-order valence-electron chi connectivity index (χ3n) is 2.80. The molecule has 1 aliphatic rings. The summed E-state index contributed by atoms with van der Waals surface area (Å²) in [5.74, 6) is 0. The standard InChI is InChI=1S/C12H10ClN3/c13-12-2-1-11(6-15-12)16-7-9-3-4-14-5-10(9)8-16/h1-6H,7-8H2. The second-order valence-corrected chi connectivity index (χ2v) is 4.23. The van der Waals surface area contributed by atoms with E-state index in [-0.39, 0.29) is 0 Å². The summed E-state index contributed by atoms with van der Waals surface area (Å²) in [6.45, 7) is 1.81. The number of anilines is 1. The van der Waals surface area contributed by atoms with Gasteiger partial charge in [0.25, 0.3) is 0 Å². The van der Waals surface area contributed by atoms with Crippen LogP contribution in [0.15, 0.2) is 36.8 Å². The summed E-state index contributed by atoms with van der Waals surface area (Å²) in [5.41, 5.74) is 3.73. The van der Waals surface area contributed by atoms with E-state index in [0.29, 0.717) is 5.15 Å². The minimum absolute atomic E-state index is 0.530. The molecule has 0 fully saturated rings. The number of nitrogens with zero attached hydrogens (tertiary/aromatic N) is 3. The highest BCUT2D eigenvalue weighted by Gasteiger charge is 2.18. The van der Waals surface area contributed by atoms with E-state index < -0.39 is 0 Å². The third kappa shape index (κ3) is 1.63. The van der Waals surface area contributed by atoms with E-state index in [2.05, 4.69) is 20.9 Å². The SMILES string of the molecule is Clc1ccc(N2Cc3ccncc3C2)cn1. The van der Waals surface area contributed by atoms with Gasteiger partial charge in [0.2, 0.25) is 0 Å². The summed E-state index contributed by atoms with van der Waals surface area (Å²) in [5, 5.41) is 0.530. The first-order valence-corrected chi connectivity index (χ1v) is 5.49. The Kier molecular flexibility index (Phi) is 2.26. The average Bonchev–Trinajstić information content (AvgIpc) is 2.73. The van der Waals surface area contributed by atoms with Crippen molar-refractivity contribution in [1.29, 1.82) is 0 Å².